The molecular formula is C19H27N3O2. The average Bonchev–Trinajstić information content (AvgIpc) is 2.55. The van der Waals surface area contributed by atoms with Crippen LogP contribution in [0.2, 0.25) is 0 Å². The Kier molecular flexibility index (Phi) is 5.19. The van der Waals surface area contributed by atoms with Gasteiger partial charge in [0.05, 0.1) is 11.3 Å². The number of fused-ring (bicyclic) bond motifs is 1. The topological polar surface area (TPSA) is 61.4 Å². The molecule has 2 saturated heterocycles. The number of para-hydroxylation sites is 1. The van der Waals surface area contributed by atoms with Gasteiger partial charge in [-0.2, -0.15) is 0 Å². The summed E-state index contributed by atoms with van der Waals surface area (Å²) >= 11 is 0. The van der Waals surface area contributed by atoms with Crippen LogP contribution in [0.3, 0.4) is 0 Å². The number of amides is 2. The second-order valence-electron chi connectivity index (χ2n) is 7.09. The first-order valence-electron chi connectivity index (χ1n) is 8.98. The molecule has 0 saturated carbocycles. The fraction of sp³-hybridized carbons (Fsp3) is 0.579. The van der Waals surface area contributed by atoms with E-state index in [9.17, 15) is 9.59 Å². The van der Waals surface area contributed by atoms with Gasteiger partial charge < -0.3 is 10.6 Å². The molecule has 3 atom stereocenters. The van der Waals surface area contributed by atoms with Crippen molar-refractivity contribution in [3.05, 3.63) is 29.8 Å². The Morgan fingerprint density at radius 2 is 1.96 bits per heavy atom. The summed E-state index contributed by atoms with van der Waals surface area (Å²) in [5, 5.41) is 5.91. The number of carbonyl (C=O) groups is 2. The Bertz CT molecular complexity index is 616. The maximum Gasteiger partial charge on any atom is 0.253 e. The second kappa shape index (κ2) is 7.34. The monoisotopic (exact) mass is 329 g/mol. The SMILES string of the molecule is CC(=O)Nc1ccccc1C(=O)N[C@H]1CCN2[C@H](CCC[C@H]2C)C1. The standard InChI is InChI=1S/C19H27N3O2/c1-13-6-5-7-16-12-15(10-11-22(13)16)21-19(24)17-8-3-4-9-18(17)20-14(2)23/h3-4,8-9,13,15-16H,5-7,10-12H2,1-2H3,(H,20,23)(H,21,24)/t13-,15+,16-/m1/s1. The summed E-state index contributed by atoms with van der Waals surface area (Å²) < 4.78 is 0. The van der Waals surface area contributed by atoms with E-state index in [2.05, 4.69) is 22.5 Å². The van der Waals surface area contributed by atoms with Crippen molar-refractivity contribution < 1.29 is 9.59 Å². The molecule has 0 aromatic heterocycles. The summed E-state index contributed by atoms with van der Waals surface area (Å²) in [6, 6.07) is 8.66. The van der Waals surface area contributed by atoms with Gasteiger partial charge in [0.15, 0.2) is 0 Å². The molecule has 2 aliphatic rings. The Balaban J connectivity index is 1.64. The first-order valence-corrected chi connectivity index (χ1v) is 8.98. The minimum atomic E-state index is -0.167. The molecule has 130 valence electrons. The van der Waals surface area contributed by atoms with Crippen molar-refractivity contribution in [2.24, 2.45) is 0 Å². The molecule has 5 nitrogen and oxygen atoms in total. The highest BCUT2D eigenvalue weighted by Crippen LogP contribution is 2.30. The highest BCUT2D eigenvalue weighted by Gasteiger charge is 2.34. The fourth-order valence-corrected chi connectivity index (χ4v) is 4.12. The number of piperidine rings is 2. The normalized spacial score (nSPS) is 27.2. The van der Waals surface area contributed by atoms with E-state index in [4.69, 9.17) is 0 Å². The third kappa shape index (κ3) is 3.78. The van der Waals surface area contributed by atoms with Crippen LogP contribution in [0.1, 0.15) is 56.3 Å². The molecule has 3 rings (SSSR count). The van der Waals surface area contributed by atoms with Gasteiger partial charge in [0.2, 0.25) is 5.91 Å². The minimum absolute atomic E-state index is 0.0957. The first kappa shape index (κ1) is 17.0. The highest BCUT2D eigenvalue weighted by atomic mass is 16.2. The lowest BCUT2D eigenvalue weighted by molar-refractivity contribution is -0.114. The van der Waals surface area contributed by atoms with Gasteiger partial charge >= 0.3 is 0 Å². The Morgan fingerprint density at radius 3 is 2.75 bits per heavy atom. The summed E-state index contributed by atoms with van der Waals surface area (Å²) in [6.07, 6.45) is 5.83. The third-order valence-electron chi connectivity index (χ3n) is 5.30. The number of rotatable bonds is 3. The number of nitrogens with one attached hydrogen (secondary N) is 2. The van der Waals surface area contributed by atoms with Crippen LogP contribution in [-0.2, 0) is 4.79 Å². The summed E-state index contributed by atoms with van der Waals surface area (Å²) in [6.45, 7) is 4.83. The molecule has 2 aliphatic heterocycles. The summed E-state index contributed by atoms with van der Waals surface area (Å²) in [7, 11) is 0. The molecule has 0 aliphatic carbocycles. The lowest BCUT2D eigenvalue weighted by atomic mass is 9.87. The molecule has 2 fully saturated rings. The number of nitrogens with zero attached hydrogens (tertiary/aromatic N) is 1. The molecule has 2 heterocycles. The largest absolute Gasteiger partial charge is 0.349 e. The second-order valence-corrected chi connectivity index (χ2v) is 7.09. The molecule has 5 heteroatoms. The van der Waals surface area contributed by atoms with E-state index in [1.165, 1.54) is 26.2 Å². The van der Waals surface area contributed by atoms with Crippen molar-refractivity contribution >= 4 is 17.5 Å². The smallest absolute Gasteiger partial charge is 0.253 e. The van der Waals surface area contributed by atoms with Crippen LogP contribution in [0.5, 0.6) is 0 Å². The Labute approximate surface area is 143 Å². The van der Waals surface area contributed by atoms with Crippen LogP contribution < -0.4 is 10.6 Å². The third-order valence-corrected chi connectivity index (χ3v) is 5.30. The molecule has 0 spiro atoms. The van der Waals surface area contributed by atoms with Crippen LogP contribution in [0, 0.1) is 0 Å². The molecule has 24 heavy (non-hydrogen) atoms. The van der Waals surface area contributed by atoms with Gasteiger partial charge in [0, 0.05) is 31.6 Å². The maximum absolute atomic E-state index is 12.7. The van der Waals surface area contributed by atoms with E-state index in [0.29, 0.717) is 23.3 Å². The minimum Gasteiger partial charge on any atom is -0.349 e. The van der Waals surface area contributed by atoms with E-state index in [1.54, 1.807) is 12.1 Å². The van der Waals surface area contributed by atoms with Gasteiger partial charge in [-0.15, -0.1) is 0 Å². The van der Waals surface area contributed by atoms with Crippen LogP contribution in [0.15, 0.2) is 24.3 Å². The number of hydrogen-bond acceptors (Lipinski definition) is 3. The number of benzene rings is 1. The number of carbonyl (C=O) groups excluding carboxylic acids is 2. The van der Waals surface area contributed by atoms with Crippen molar-refractivity contribution in [3.8, 4) is 0 Å². The quantitative estimate of drug-likeness (QED) is 0.896. The van der Waals surface area contributed by atoms with E-state index in [-0.39, 0.29) is 17.9 Å². The molecule has 0 radical (unpaired) electrons. The summed E-state index contributed by atoms with van der Waals surface area (Å²) in [5.41, 5.74) is 1.11. The molecule has 1 aromatic carbocycles. The van der Waals surface area contributed by atoms with E-state index >= 15 is 0 Å². The van der Waals surface area contributed by atoms with Crippen LogP contribution >= 0.6 is 0 Å². The van der Waals surface area contributed by atoms with Gasteiger partial charge in [-0.3, -0.25) is 14.5 Å². The number of hydrogen-bond donors (Lipinski definition) is 2. The summed E-state index contributed by atoms with van der Waals surface area (Å²) in [5.74, 6) is -0.263. The van der Waals surface area contributed by atoms with E-state index in [1.807, 2.05) is 12.1 Å². The zero-order valence-electron chi connectivity index (χ0n) is 14.5. The highest BCUT2D eigenvalue weighted by molar-refractivity contribution is 6.03. The van der Waals surface area contributed by atoms with Gasteiger partial charge in [0.25, 0.3) is 5.91 Å². The van der Waals surface area contributed by atoms with Crippen molar-refractivity contribution in [1.29, 1.82) is 0 Å². The molecule has 2 N–H and O–H groups in total. The zero-order chi connectivity index (χ0) is 17.1. The van der Waals surface area contributed by atoms with Gasteiger partial charge in [-0.25, -0.2) is 0 Å². The fourth-order valence-electron chi connectivity index (χ4n) is 4.12. The number of anilines is 1. The van der Waals surface area contributed by atoms with Crippen molar-refractivity contribution in [3.63, 3.8) is 0 Å². The average molecular weight is 329 g/mol. The van der Waals surface area contributed by atoms with Crippen LogP contribution in [0.25, 0.3) is 0 Å². The predicted octanol–water partition coefficient (Wildman–Crippen LogP) is 2.78. The molecule has 2 amide bonds. The Hall–Kier alpha value is -1.88. The summed E-state index contributed by atoms with van der Waals surface area (Å²) in [4.78, 5) is 26.6. The van der Waals surface area contributed by atoms with Gasteiger partial charge in [-0.05, 0) is 44.7 Å². The van der Waals surface area contributed by atoms with Gasteiger partial charge in [0.1, 0.15) is 0 Å². The maximum atomic E-state index is 12.7. The predicted molar refractivity (Wildman–Crippen MR) is 95.0 cm³/mol. The Morgan fingerprint density at radius 1 is 1.17 bits per heavy atom. The molecular weight excluding hydrogens is 302 g/mol. The molecule has 0 bridgehead atoms. The first-order chi connectivity index (χ1) is 11.5. The van der Waals surface area contributed by atoms with Crippen LogP contribution in [-0.4, -0.2) is 41.4 Å². The van der Waals surface area contributed by atoms with Crippen molar-refractivity contribution in [1.82, 2.24) is 10.2 Å². The van der Waals surface area contributed by atoms with Crippen molar-refractivity contribution in [2.45, 2.75) is 64.1 Å². The van der Waals surface area contributed by atoms with Crippen LogP contribution in [0.4, 0.5) is 5.69 Å². The van der Waals surface area contributed by atoms with Gasteiger partial charge in [-0.1, -0.05) is 18.6 Å². The molecule has 1 aromatic rings. The van der Waals surface area contributed by atoms with Crippen molar-refractivity contribution in [2.75, 3.05) is 11.9 Å². The lowest BCUT2D eigenvalue weighted by Gasteiger charge is -2.46. The zero-order valence-corrected chi connectivity index (χ0v) is 14.5. The van der Waals surface area contributed by atoms with E-state index < -0.39 is 0 Å². The van der Waals surface area contributed by atoms with E-state index in [0.717, 1.165) is 19.4 Å². The lowest BCUT2D eigenvalue weighted by Crippen LogP contribution is -2.54. The molecule has 0 unspecified atom stereocenters.